The fraction of sp³-hybridized carbons (Fsp3) is 0.241. The number of hydrogen-bond donors (Lipinski definition) is 0. The van der Waals surface area contributed by atoms with E-state index in [0.717, 1.165) is 16.5 Å². The molecule has 1 aliphatic rings. The molecule has 8 nitrogen and oxygen atoms in total. The molecule has 5 rings (SSSR count). The third-order valence-electron chi connectivity index (χ3n) is 6.43. The lowest BCUT2D eigenvalue weighted by molar-refractivity contribution is -0.143. The van der Waals surface area contributed by atoms with Crippen LogP contribution in [0.1, 0.15) is 37.9 Å². The van der Waals surface area contributed by atoms with Crippen molar-refractivity contribution in [2.45, 2.75) is 33.4 Å². The number of ether oxygens (including phenoxy) is 2. The molecule has 10 heteroatoms. The Labute approximate surface area is 233 Å². The second kappa shape index (κ2) is 11.0. The van der Waals surface area contributed by atoms with Crippen LogP contribution in [0.4, 0.5) is 0 Å². The van der Waals surface area contributed by atoms with E-state index in [2.05, 4.69) is 4.99 Å². The molecule has 0 bridgehead atoms. The summed E-state index contributed by atoms with van der Waals surface area (Å²) < 4.78 is 14.2. The van der Waals surface area contributed by atoms with Gasteiger partial charge in [0.1, 0.15) is 12.6 Å². The van der Waals surface area contributed by atoms with E-state index in [-0.39, 0.29) is 30.3 Å². The second-order valence-corrected chi connectivity index (χ2v) is 10.3. The maximum Gasteiger partial charge on any atom is 0.338 e. The zero-order valence-electron chi connectivity index (χ0n) is 21.6. The van der Waals surface area contributed by atoms with E-state index in [1.54, 1.807) is 45.0 Å². The predicted molar refractivity (Wildman–Crippen MR) is 150 cm³/mol. The maximum absolute atomic E-state index is 13.9. The Bertz CT molecular complexity index is 1810. The van der Waals surface area contributed by atoms with Crippen LogP contribution in [0.3, 0.4) is 0 Å². The highest BCUT2D eigenvalue weighted by Gasteiger charge is 2.34. The molecule has 0 unspecified atom stereocenters. The fourth-order valence-corrected chi connectivity index (χ4v) is 6.07. The second-order valence-electron chi connectivity index (χ2n) is 8.86. The van der Waals surface area contributed by atoms with E-state index in [4.69, 9.17) is 21.1 Å². The van der Waals surface area contributed by atoms with Crippen molar-refractivity contribution in [3.63, 3.8) is 0 Å². The van der Waals surface area contributed by atoms with Gasteiger partial charge in [-0.15, -0.1) is 0 Å². The summed E-state index contributed by atoms with van der Waals surface area (Å²) in [7, 11) is 0. The van der Waals surface area contributed by atoms with Gasteiger partial charge in [-0.1, -0.05) is 59.3 Å². The molecule has 0 aliphatic carbocycles. The Morgan fingerprint density at radius 2 is 1.79 bits per heavy atom. The number of benzene rings is 2. The van der Waals surface area contributed by atoms with Gasteiger partial charge in [-0.2, -0.15) is 0 Å². The lowest BCUT2D eigenvalue weighted by Crippen LogP contribution is -2.40. The molecule has 4 aromatic rings. The van der Waals surface area contributed by atoms with E-state index >= 15 is 0 Å². The average molecular weight is 564 g/mol. The average Bonchev–Trinajstić information content (AvgIpc) is 3.40. The zero-order chi connectivity index (χ0) is 27.7. The van der Waals surface area contributed by atoms with Crippen LogP contribution in [0.5, 0.6) is 0 Å². The van der Waals surface area contributed by atoms with E-state index in [1.807, 2.05) is 41.1 Å². The number of esters is 2. The molecule has 1 aliphatic heterocycles. The molecule has 0 amide bonds. The molecule has 0 radical (unpaired) electrons. The molecule has 1 atom stereocenters. The quantitative estimate of drug-likeness (QED) is 0.317. The summed E-state index contributed by atoms with van der Waals surface area (Å²) in [5.41, 5.74) is 2.66. The molecule has 200 valence electrons. The minimum atomic E-state index is -0.790. The topological polar surface area (TPSA) is 91.9 Å². The molecule has 0 saturated carbocycles. The van der Waals surface area contributed by atoms with Crippen LogP contribution in [-0.2, 0) is 25.6 Å². The Balaban J connectivity index is 1.70. The molecule has 2 aromatic heterocycles. The molecule has 3 heterocycles. The van der Waals surface area contributed by atoms with Crippen LogP contribution in [0.15, 0.2) is 75.8 Å². The monoisotopic (exact) mass is 563 g/mol. The van der Waals surface area contributed by atoms with Crippen molar-refractivity contribution in [1.82, 2.24) is 9.13 Å². The summed E-state index contributed by atoms with van der Waals surface area (Å²) in [4.78, 5) is 44.3. The Hall–Kier alpha value is -3.95. The first kappa shape index (κ1) is 26.6. The summed E-state index contributed by atoms with van der Waals surface area (Å²) >= 11 is 7.80. The molecule has 0 saturated heterocycles. The lowest BCUT2D eigenvalue weighted by Gasteiger charge is -2.25. The number of rotatable bonds is 7. The summed E-state index contributed by atoms with van der Waals surface area (Å²) in [6.07, 6.45) is 3.63. The summed E-state index contributed by atoms with van der Waals surface area (Å²) in [6.45, 7) is 5.76. The number of halogens is 1. The highest BCUT2D eigenvalue weighted by atomic mass is 35.5. The number of aromatic nitrogens is 2. The third-order valence-corrected chi connectivity index (χ3v) is 7.75. The van der Waals surface area contributed by atoms with E-state index < -0.39 is 12.0 Å². The zero-order valence-corrected chi connectivity index (χ0v) is 23.2. The van der Waals surface area contributed by atoms with Crippen LogP contribution >= 0.6 is 22.9 Å². The first-order chi connectivity index (χ1) is 18.8. The van der Waals surface area contributed by atoms with Gasteiger partial charge in [0.2, 0.25) is 0 Å². The van der Waals surface area contributed by atoms with Crippen molar-refractivity contribution in [2.24, 2.45) is 4.99 Å². The summed E-state index contributed by atoms with van der Waals surface area (Å²) in [5, 5.41) is 1.31. The first-order valence-electron chi connectivity index (χ1n) is 12.5. The van der Waals surface area contributed by atoms with Crippen molar-refractivity contribution < 1.29 is 19.1 Å². The summed E-state index contributed by atoms with van der Waals surface area (Å²) in [6, 6.07) is 14.0. The van der Waals surface area contributed by atoms with Crippen LogP contribution in [0.2, 0.25) is 5.02 Å². The SMILES string of the molecule is CCOC(=O)Cn1cc(/C=c2\sc3n(c2=O)[C@H](c2ccccc2Cl)C(C(=O)OCC)=C(C)N=3)c2ccccc21. The van der Waals surface area contributed by atoms with Gasteiger partial charge >= 0.3 is 11.9 Å². The Kier molecular flexibility index (Phi) is 7.54. The highest BCUT2D eigenvalue weighted by Crippen LogP contribution is 2.34. The van der Waals surface area contributed by atoms with Gasteiger partial charge in [-0.05, 0) is 44.5 Å². The van der Waals surface area contributed by atoms with Crippen molar-refractivity contribution in [2.75, 3.05) is 13.2 Å². The largest absolute Gasteiger partial charge is 0.465 e. The highest BCUT2D eigenvalue weighted by molar-refractivity contribution is 7.07. The molecule has 0 spiro atoms. The minimum Gasteiger partial charge on any atom is -0.465 e. The van der Waals surface area contributed by atoms with Crippen LogP contribution in [0.25, 0.3) is 17.0 Å². The Morgan fingerprint density at radius 1 is 1.08 bits per heavy atom. The Morgan fingerprint density at radius 3 is 2.54 bits per heavy atom. The predicted octanol–water partition coefficient (Wildman–Crippen LogP) is 3.97. The number of nitrogens with zero attached hydrogens (tertiary/aromatic N) is 3. The van der Waals surface area contributed by atoms with Crippen LogP contribution in [0, 0.1) is 0 Å². The van der Waals surface area contributed by atoms with Crippen LogP contribution in [-0.4, -0.2) is 34.3 Å². The number of hydrogen-bond acceptors (Lipinski definition) is 7. The first-order valence-corrected chi connectivity index (χ1v) is 13.7. The van der Waals surface area contributed by atoms with Crippen molar-refractivity contribution in [3.8, 4) is 0 Å². The normalized spacial score (nSPS) is 15.3. The number of carbonyl (C=O) groups is 2. The maximum atomic E-state index is 13.9. The van der Waals surface area contributed by atoms with Gasteiger partial charge in [-0.25, -0.2) is 9.79 Å². The molecule has 39 heavy (non-hydrogen) atoms. The molecular weight excluding hydrogens is 538 g/mol. The number of carbonyl (C=O) groups excluding carboxylic acids is 2. The lowest BCUT2D eigenvalue weighted by atomic mass is 9.96. The minimum absolute atomic E-state index is 0.0536. The molecule has 0 fully saturated rings. The molecular formula is C29H26ClN3O5S. The summed E-state index contributed by atoms with van der Waals surface area (Å²) in [5.74, 6) is -0.883. The van der Waals surface area contributed by atoms with Gasteiger partial charge in [0, 0.05) is 27.7 Å². The molecule has 0 N–H and O–H groups in total. The standard InChI is InChI=1S/C29H26ClN3O5S/c1-4-37-24(34)16-32-15-18(19-10-7-9-13-22(19)32)14-23-27(35)33-26(20-11-6-8-12-21(20)30)25(28(36)38-5-2)17(3)31-29(33)39-23/h6-15,26H,4-5,16H2,1-3H3/b23-14-/t26-/m1/s1. The van der Waals surface area contributed by atoms with Crippen molar-refractivity contribution in [1.29, 1.82) is 0 Å². The van der Waals surface area contributed by atoms with Gasteiger partial charge in [-0.3, -0.25) is 14.2 Å². The van der Waals surface area contributed by atoms with E-state index in [0.29, 0.717) is 32.2 Å². The van der Waals surface area contributed by atoms with Crippen molar-refractivity contribution in [3.05, 3.63) is 102 Å². The number of allylic oxidation sites excluding steroid dienone is 1. The number of fused-ring (bicyclic) bond motifs is 2. The van der Waals surface area contributed by atoms with Gasteiger partial charge in [0.15, 0.2) is 4.80 Å². The fourth-order valence-electron chi connectivity index (χ4n) is 4.79. The number of para-hydroxylation sites is 1. The van der Waals surface area contributed by atoms with Gasteiger partial charge in [0.05, 0.1) is 29.0 Å². The van der Waals surface area contributed by atoms with E-state index in [1.165, 1.54) is 15.9 Å². The molecule has 2 aromatic carbocycles. The number of thiazole rings is 1. The van der Waals surface area contributed by atoms with Crippen molar-refractivity contribution >= 4 is 51.9 Å². The smallest absolute Gasteiger partial charge is 0.338 e. The van der Waals surface area contributed by atoms with Gasteiger partial charge < -0.3 is 14.0 Å². The third kappa shape index (κ3) is 4.95. The van der Waals surface area contributed by atoms with Gasteiger partial charge in [0.25, 0.3) is 5.56 Å². The van der Waals surface area contributed by atoms with Crippen LogP contribution < -0.4 is 14.9 Å². The van der Waals surface area contributed by atoms with E-state index in [9.17, 15) is 14.4 Å².